The number of nitrogens with one attached hydrogen (secondary N) is 1. The Kier molecular flexibility index (Phi) is 3.90. The molecule has 0 radical (unpaired) electrons. The van der Waals surface area contributed by atoms with E-state index in [2.05, 4.69) is 20.0 Å². The fourth-order valence-corrected chi connectivity index (χ4v) is 1.53. The van der Waals surface area contributed by atoms with Gasteiger partial charge in [0.15, 0.2) is 5.69 Å². The summed E-state index contributed by atoms with van der Waals surface area (Å²) in [6.07, 6.45) is 1.15. The van der Waals surface area contributed by atoms with Crippen molar-refractivity contribution in [2.45, 2.75) is 0 Å². The first-order valence-electron chi connectivity index (χ1n) is 5.61. The van der Waals surface area contributed by atoms with Crippen molar-refractivity contribution in [2.24, 2.45) is 0 Å². The highest BCUT2D eigenvalue weighted by Crippen LogP contribution is 2.16. The Morgan fingerprint density at radius 2 is 2.05 bits per heavy atom. The van der Waals surface area contributed by atoms with Crippen LogP contribution in [0.4, 0.5) is 11.5 Å². The number of anilines is 2. The zero-order valence-electron chi connectivity index (χ0n) is 10.5. The van der Waals surface area contributed by atoms with E-state index in [0.717, 1.165) is 6.33 Å². The van der Waals surface area contributed by atoms with Crippen molar-refractivity contribution in [3.8, 4) is 0 Å². The van der Waals surface area contributed by atoms with Gasteiger partial charge in [-0.05, 0) is 18.2 Å². The van der Waals surface area contributed by atoms with Gasteiger partial charge in [-0.2, -0.15) is 0 Å². The summed E-state index contributed by atoms with van der Waals surface area (Å²) in [7, 11) is 1.30. The zero-order valence-corrected chi connectivity index (χ0v) is 10.5. The molecular formula is C13H11N3O4. The fourth-order valence-electron chi connectivity index (χ4n) is 1.53. The lowest BCUT2D eigenvalue weighted by molar-refractivity contribution is 0.0600. The number of carboxylic acid groups (broad SMARTS) is 1. The third kappa shape index (κ3) is 3.08. The van der Waals surface area contributed by atoms with E-state index in [1.807, 2.05) is 0 Å². The minimum Gasteiger partial charge on any atom is -0.477 e. The molecule has 0 amide bonds. The number of rotatable bonds is 4. The largest absolute Gasteiger partial charge is 0.477 e. The van der Waals surface area contributed by atoms with E-state index in [1.165, 1.54) is 13.2 Å². The van der Waals surface area contributed by atoms with Crippen LogP contribution in [0.1, 0.15) is 20.8 Å². The number of benzene rings is 1. The molecule has 0 unspecified atom stereocenters. The minimum atomic E-state index is -1.14. The third-order valence-corrected chi connectivity index (χ3v) is 2.44. The molecule has 1 aromatic carbocycles. The lowest BCUT2D eigenvalue weighted by Crippen LogP contribution is -2.04. The monoisotopic (exact) mass is 273 g/mol. The van der Waals surface area contributed by atoms with Crippen LogP contribution in [-0.2, 0) is 4.74 Å². The van der Waals surface area contributed by atoms with Crippen molar-refractivity contribution in [3.05, 3.63) is 47.9 Å². The van der Waals surface area contributed by atoms with E-state index in [4.69, 9.17) is 5.11 Å². The van der Waals surface area contributed by atoms with E-state index in [-0.39, 0.29) is 5.69 Å². The van der Waals surface area contributed by atoms with Crippen LogP contribution >= 0.6 is 0 Å². The van der Waals surface area contributed by atoms with Crippen LogP contribution in [0.2, 0.25) is 0 Å². The summed E-state index contributed by atoms with van der Waals surface area (Å²) in [6, 6.07) is 7.88. The SMILES string of the molecule is COC(=O)c1cccc(Nc2cc(C(=O)O)ncn2)c1. The van der Waals surface area contributed by atoms with E-state index in [0.29, 0.717) is 17.1 Å². The molecule has 0 aliphatic carbocycles. The van der Waals surface area contributed by atoms with Crippen LogP contribution in [0.15, 0.2) is 36.7 Å². The molecule has 0 fully saturated rings. The summed E-state index contributed by atoms with van der Waals surface area (Å²) in [4.78, 5) is 29.7. The highest BCUT2D eigenvalue weighted by Gasteiger charge is 2.08. The molecule has 0 atom stereocenters. The standard InChI is InChI=1S/C13H11N3O4/c1-20-13(19)8-3-2-4-9(5-8)16-11-6-10(12(17)18)14-7-15-11/h2-7H,1H3,(H,17,18)(H,14,15,16). The number of hydrogen-bond donors (Lipinski definition) is 2. The van der Waals surface area contributed by atoms with E-state index in [9.17, 15) is 9.59 Å². The molecule has 2 aromatic rings. The molecule has 2 rings (SSSR count). The van der Waals surface area contributed by atoms with E-state index in [1.54, 1.807) is 24.3 Å². The fraction of sp³-hybridized carbons (Fsp3) is 0.0769. The van der Waals surface area contributed by atoms with Crippen molar-refractivity contribution in [2.75, 3.05) is 12.4 Å². The highest BCUT2D eigenvalue weighted by molar-refractivity contribution is 5.90. The number of aromatic carboxylic acids is 1. The number of methoxy groups -OCH3 is 1. The molecule has 7 nitrogen and oxygen atoms in total. The summed E-state index contributed by atoms with van der Waals surface area (Å²) in [5.74, 6) is -1.28. The second kappa shape index (κ2) is 5.79. The number of esters is 1. The van der Waals surface area contributed by atoms with Crippen molar-refractivity contribution >= 4 is 23.4 Å². The lowest BCUT2D eigenvalue weighted by Gasteiger charge is -2.07. The Morgan fingerprint density at radius 3 is 2.75 bits per heavy atom. The molecule has 0 saturated carbocycles. The van der Waals surface area contributed by atoms with Crippen LogP contribution in [0, 0.1) is 0 Å². The van der Waals surface area contributed by atoms with Gasteiger partial charge in [0.05, 0.1) is 12.7 Å². The Hall–Kier alpha value is -2.96. The predicted octanol–water partition coefficient (Wildman–Crippen LogP) is 1.70. The molecular weight excluding hydrogens is 262 g/mol. The zero-order chi connectivity index (χ0) is 14.5. The maximum Gasteiger partial charge on any atom is 0.354 e. The Balaban J connectivity index is 2.24. The van der Waals surface area contributed by atoms with Gasteiger partial charge in [0, 0.05) is 11.8 Å². The van der Waals surface area contributed by atoms with Gasteiger partial charge < -0.3 is 15.2 Å². The molecule has 0 saturated heterocycles. The average molecular weight is 273 g/mol. The summed E-state index contributed by atoms with van der Waals surface area (Å²) in [6.45, 7) is 0. The van der Waals surface area contributed by atoms with E-state index >= 15 is 0 Å². The van der Waals surface area contributed by atoms with E-state index < -0.39 is 11.9 Å². The Labute approximate surface area is 114 Å². The maximum absolute atomic E-state index is 11.4. The molecule has 1 heterocycles. The molecule has 2 N–H and O–H groups in total. The molecule has 0 spiro atoms. The Morgan fingerprint density at radius 1 is 1.25 bits per heavy atom. The summed E-state index contributed by atoms with van der Waals surface area (Å²) < 4.78 is 4.62. The number of carbonyl (C=O) groups is 2. The predicted molar refractivity (Wildman–Crippen MR) is 70.1 cm³/mol. The molecule has 0 bridgehead atoms. The molecule has 1 aromatic heterocycles. The topological polar surface area (TPSA) is 101 Å². The number of carbonyl (C=O) groups excluding carboxylic acids is 1. The van der Waals surface area contributed by atoms with Gasteiger partial charge in [0.1, 0.15) is 12.1 Å². The number of carboxylic acids is 1. The van der Waals surface area contributed by atoms with Gasteiger partial charge >= 0.3 is 11.9 Å². The third-order valence-electron chi connectivity index (χ3n) is 2.44. The average Bonchev–Trinajstić information content (AvgIpc) is 2.47. The first-order chi connectivity index (χ1) is 9.60. The molecule has 102 valence electrons. The van der Waals surface area contributed by atoms with Crippen LogP contribution in [0.25, 0.3) is 0 Å². The number of ether oxygens (including phenoxy) is 1. The van der Waals surface area contributed by atoms with Crippen molar-refractivity contribution in [1.29, 1.82) is 0 Å². The van der Waals surface area contributed by atoms with Crippen molar-refractivity contribution in [1.82, 2.24) is 9.97 Å². The number of hydrogen-bond acceptors (Lipinski definition) is 6. The van der Waals surface area contributed by atoms with Crippen molar-refractivity contribution < 1.29 is 19.4 Å². The van der Waals surface area contributed by atoms with Gasteiger partial charge in [0.25, 0.3) is 0 Å². The first-order valence-corrected chi connectivity index (χ1v) is 5.61. The Bertz CT molecular complexity index is 658. The lowest BCUT2D eigenvalue weighted by atomic mass is 10.2. The first kappa shape index (κ1) is 13.5. The normalized spacial score (nSPS) is 9.85. The van der Waals surface area contributed by atoms with Crippen molar-refractivity contribution in [3.63, 3.8) is 0 Å². The number of aromatic nitrogens is 2. The smallest absolute Gasteiger partial charge is 0.354 e. The second-order valence-electron chi connectivity index (χ2n) is 3.79. The number of nitrogens with zero attached hydrogens (tertiary/aromatic N) is 2. The van der Waals surface area contributed by atoms with Gasteiger partial charge in [-0.1, -0.05) is 6.07 Å². The van der Waals surface area contributed by atoms with Crippen LogP contribution in [0.3, 0.4) is 0 Å². The maximum atomic E-state index is 11.4. The molecule has 0 aliphatic heterocycles. The highest BCUT2D eigenvalue weighted by atomic mass is 16.5. The second-order valence-corrected chi connectivity index (χ2v) is 3.79. The summed E-state index contributed by atoms with van der Waals surface area (Å²) in [5, 5.41) is 11.7. The van der Waals surface area contributed by atoms with Crippen LogP contribution < -0.4 is 5.32 Å². The molecule has 20 heavy (non-hydrogen) atoms. The van der Waals surface area contributed by atoms with Gasteiger partial charge in [0.2, 0.25) is 0 Å². The summed E-state index contributed by atoms with van der Waals surface area (Å²) in [5.41, 5.74) is 0.847. The minimum absolute atomic E-state index is 0.119. The molecule has 7 heteroatoms. The van der Waals surface area contributed by atoms with Gasteiger partial charge in [-0.25, -0.2) is 19.6 Å². The van der Waals surface area contributed by atoms with Gasteiger partial charge in [-0.15, -0.1) is 0 Å². The quantitative estimate of drug-likeness (QED) is 0.817. The summed E-state index contributed by atoms with van der Waals surface area (Å²) >= 11 is 0. The molecule has 0 aliphatic rings. The van der Waals surface area contributed by atoms with Crippen LogP contribution in [-0.4, -0.2) is 34.1 Å². The van der Waals surface area contributed by atoms with Gasteiger partial charge in [-0.3, -0.25) is 0 Å². The van der Waals surface area contributed by atoms with Crippen LogP contribution in [0.5, 0.6) is 0 Å².